The number of hydrogen-bond acceptors (Lipinski definition) is 2. The monoisotopic (exact) mass is 320 g/mol. The molecule has 2 aromatic rings. The minimum absolute atomic E-state index is 0.913. The molecule has 0 saturated heterocycles. The SMILES string of the molecule is C#Cc1ccc(CNCCCCCNCc2ccc(C)cc2)cc1. The lowest BCUT2D eigenvalue weighted by Crippen LogP contribution is -2.17. The van der Waals surface area contributed by atoms with E-state index < -0.39 is 0 Å². The van der Waals surface area contributed by atoms with Crippen molar-refractivity contribution in [3.63, 3.8) is 0 Å². The third kappa shape index (κ3) is 7.00. The van der Waals surface area contributed by atoms with Crippen LogP contribution in [0.4, 0.5) is 0 Å². The molecule has 2 rings (SSSR count). The Labute approximate surface area is 146 Å². The van der Waals surface area contributed by atoms with Gasteiger partial charge in [0, 0.05) is 18.7 Å². The van der Waals surface area contributed by atoms with E-state index in [4.69, 9.17) is 6.42 Å². The second kappa shape index (κ2) is 10.6. The standard InChI is InChI=1S/C22H28N2/c1-3-20-11-13-22(14-12-20)18-24-16-6-4-5-15-23-17-21-9-7-19(2)8-10-21/h1,7-14,23-24H,4-6,15-18H2,2H3. The number of terminal acetylenes is 1. The van der Waals surface area contributed by atoms with E-state index in [1.165, 1.54) is 36.0 Å². The van der Waals surface area contributed by atoms with Crippen molar-refractivity contribution in [3.05, 3.63) is 70.8 Å². The normalized spacial score (nSPS) is 10.5. The van der Waals surface area contributed by atoms with Crippen LogP contribution in [-0.2, 0) is 13.1 Å². The molecule has 0 aliphatic heterocycles. The van der Waals surface area contributed by atoms with Gasteiger partial charge in [-0.2, -0.15) is 0 Å². The first kappa shape index (κ1) is 18.3. The summed E-state index contributed by atoms with van der Waals surface area (Å²) in [5.74, 6) is 2.64. The third-order valence-corrected chi connectivity index (χ3v) is 4.11. The molecule has 0 aliphatic rings. The Kier molecular flexibility index (Phi) is 8.10. The van der Waals surface area contributed by atoms with Crippen molar-refractivity contribution in [1.82, 2.24) is 10.6 Å². The molecular weight excluding hydrogens is 292 g/mol. The molecule has 0 aromatic heterocycles. The largest absolute Gasteiger partial charge is 0.313 e. The zero-order valence-electron chi connectivity index (χ0n) is 14.6. The highest BCUT2D eigenvalue weighted by Crippen LogP contribution is 2.04. The first-order chi connectivity index (χ1) is 11.8. The van der Waals surface area contributed by atoms with E-state index in [0.717, 1.165) is 31.7 Å². The molecule has 0 amide bonds. The molecule has 24 heavy (non-hydrogen) atoms. The fraction of sp³-hybridized carbons (Fsp3) is 0.364. The first-order valence-electron chi connectivity index (χ1n) is 8.80. The molecule has 0 bridgehead atoms. The average molecular weight is 320 g/mol. The average Bonchev–Trinajstić information content (AvgIpc) is 2.62. The maximum atomic E-state index is 5.36. The molecule has 0 fully saturated rings. The highest BCUT2D eigenvalue weighted by Gasteiger charge is 1.95. The smallest absolute Gasteiger partial charge is 0.0242 e. The molecule has 0 spiro atoms. The summed E-state index contributed by atoms with van der Waals surface area (Å²) in [5, 5.41) is 7.00. The van der Waals surface area contributed by atoms with Crippen LogP contribution in [0.15, 0.2) is 48.5 Å². The lowest BCUT2D eigenvalue weighted by Gasteiger charge is -2.07. The zero-order chi connectivity index (χ0) is 17.0. The lowest BCUT2D eigenvalue weighted by atomic mass is 10.1. The second-order valence-corrected chi connectivity index (χ2v) is 6.24. The third-order valence-electron chi connectivity index (χ3n) is 4.11. The van der Waals surface area contributed by atoms with Crippen LogP contribution in [0.25, 0.3) is 0 Å². The molecule has 0 heterocycles. The zero-order valence-corrected chi connectivity index (χ0v) is 14.6. The van der Waals surface area contributed by atoms with Crippen molar-refractivity contribution in [2.45, 2.75) is 39.3 Å². The van der Waals surface area contributed by atoms with Crippen LogP contribution < -0.4 is 10.6 Å². The molecule has 0 radical (unpaired) electrons. The molecule has 0 saturated carbocycles. The number of nitrogens with one attached hydrogen (secondary N) is 2. The van der Waals surface area contributed by atoms with Gasteiger partial charge in [0.05, 0.1) is 0 Å². The van der Waals surface area contributed by atoms with Crippen molar-refractivity contribution in [3.8, 4) is 12.3 Å². The van der Waals surface area contributed by atoms with E-state index in [-0.39, 0.29) is 0 Å². The first-order valence-corrected chi connectivity index (χ1v) is 8.80. The van der Waals surface area contributed by atoms with E-state index in [1.54, 1.807) is 0 Å². The van der Waals surface area contributed by atoms with Crippen LogP contribution in [-0.4, -0.2) is 13.1 Å². The Bertz CT molecular complexity index is 621. The van der Waals surface area contributed by atoms with Gasteiger partial charge >= 0.3 is 0 Å². The molecule has 2 N–H and O–H groups in total. The molecule has 126 valence electrons. The van der Waals surface area contributed by atoms with Crippen LogP contribution in [0.2, 0.25) is 0 Å². The Balaban J connectivity index is 1.45. The highest BCUT2D eigenvalue weighted by molar-refractivity contribution is 5.34. The number of benzene rings is 2. The Morgan fingerprint density at radius 1 is 0.750 bits per heavy atom. The fourth-order valence-corrected chi connectivity index (χ4v) is 2.57. The number of unbranched alkanes of at least 4 members (excludes halogenated alkanes) is 2. The predicted molar refractivity (Wildman–Crippen MR) is 103 cm³/mol. The summed E-state index contributed by atoms with van der Waals surface area (Å²) in [6.07, 6.45) is 9.06. The summed E-state index contributed by atoms with van der Waals surface area (Å²) in [4.78, 5) is 0. The molecule has 0 unspecified atom stereocenters. The molecule has 0 aliphatic carbocycles. The molecule has 2 nitrogen and oxygen atoms in total. The van der Waals surface area contributed by atoms with Crippen molar-refractivity contribution in [2.24, 2.45) is 0 Å². The minimum Gasteiger partial charge on any atom is -0.313 e. The Hall–Kier alpha value is -2.08. The lowest BCUT2D eigenvalue weighted by molar-refractivity contribution is 0.572. The van der Waals surface area contributed by atoms with Crippen molar-refractivity contribution >= 4 is 0 Å². The summed E-state index contributed by atoms with van der Waals surface area (Å²) in [6.45, 7) is 6.15. The van der Waals surface area contributed by atoms with Crippen LogP contribution in [0.5, 0.6) is 0 Å². The van der Waals surface area contributed by atoms with Crippen molar-refractivity contribution in [1.29, 1.82) is 0 Å². The van der Waals surface area contributed by atoms with Crippen LogP contribution in [0, 0.1) is 19.3 Å². The molecule has 0 atom stereocenters. The highest BCUT2D eigenvalue weighted by atomic mass is 14.9. The second-order valence-electron chi connectivity index (χ2n) is 6.24. The van der Waals surface area contributed by atoms with Gasteiger partial charge in [-0.25, -0.2) is 0 Å². The predicted octanol–water partition coefficient (Wildman–Crippen LogP) is 4.03. The van der Waals surface area contributed by atoms with Gasteiger partial charge in [-0.15, -0.1) is 6.42 Å². The van der Waals surface area contributed by atoms with E-state index in [0.29, 0.717) is 0 Å². The van der Waals surface area contributed by atoms with Gasteiger partial charge in [-0.3, -0.25) is 0 Å². The van der Waals surface area contributed by atoms with E-state index >= 15 is 0 Å². The minimum atomic E-state index is 0.913. The summed E-state index contributed by atoms with van der Waals surface area (Å²) in [7, 11) is 0. The van der Waals surface area contributed by atoms with Gasteiger partial charge in [0.25, 0.3) is 0 Å². The van der Waals surface area contributed by atoms with Gasteiger partial charge in [0.15, 0.2) is 0 Å². The van der Waals surface area contributed by atoms with Gasteiger partial charge < -0.3 is 10.6 Å². The Morgan fingerprint density at radius 3 is 1.75 bits per heavy atom. The molecular formula is C22H28N2. The van der Waals surface area contributed by atoms with Crippen LogP contribution in [0.1, 0.15) is 41.5 Å². The molecule has 2 aromatic carbocycles. The topological polar surface area (TPSA) is 24.1 Å². The summed E-state index contributed by atoms with van der Waals surface area (Å²) < 4.78 is 0. The fourth-order valence-electron chi connectivity index (χ4n) is 2.57. The maximum Gasteiger partial charge on any atom is 0.0242 e. The Morgan fingerprint density at radius 2 is 1.25 bits per heavy atom. The summed E-state index contributed by atoms with van der Waals surface area (Å²) in [5.41, 5.74) is 4.90. The van der Waals surface area contributed by atoms with Crippen molar-refractivity contribution < 1.29 is 0 Å². The maximum absolute atomic E-state index is 5.36. The van der Waals surface area contributed by atoms with Crippen LogP contribution in [0.3, 0.4) is 0 Å². The number of aryl methyl sites for hydroxylation is 1. The summed E-state index contributed by atoms with van der Waals surface area (Å²) in [6, 6.07) is 16.9. The van der Waals surface area contributed by atoms with Crippen molar-refractivity contribution in [2.75, 3.05) is 13.1 Å². The van der Waals surface area contributed by atoms with Crippen LogP contribution >= 0.6 is 0 Å². The van der Waals surface area contributed by atoms with E-state index in [1.807, 2.05) is 12.1 Å². The number of rotatable bonds is 10. The van der Waals surface area contributed by atoms with E-state index in [2.05, 4.69) is 59.9 Å². The van der Waals surface area contributed by atoms with Gasteiger partial charge in [0.2, 0.25) is 0 Å². The summed E-state index contributed by atoms with van der Waals surface area (Å²) >= 11 is 0. The number of hydrogen-bond donors (Lipinski definition) is 2. The van der Waals surface area contributed by atoms with Gasteiger partial charge in [0.1, 0.15) is 0 Å². The van der Waals surface area contributed by atoms with Gasteiger partial charge in [-0.05, 0) is 56.1 Å². The molecule has 2 heteroatoms. The van der Waals surface area contributed by atoms with E-state index in [9.17, 15) is 0 Å². The quantitative estimate of drug-likeness (QED) is 0.510. The van der Waals surface area contributed by atoms with Gasteiger partial charge in [-0.1, -0.05) is 54.3 Å².